The normalized spacial score (nSPS) is 12.7. The molecule has 54 heavy (non-hydrogen) atoms. The molecule has 0 rings (SSSR count). The highest BCUT2D eigenvalue weighted by Gasteiger charge is 2.22. The highest BCUT2D eigenvalue weighted by molar-refractivity contribution is 7.46. The van der Waals surface area contributed by atoms with Crippen molar-refractivity contribution in [2.45, 2.75) is 225 Å². The van der Waals surface area contributed by atoms with Gasteiger partial charge in [-0.3, -0.25) is 14.1 Å². The van der Waals surface area contributed by atoms with Gasteiger partial charge in [-0.1, -0.05) is 172 Å². The van der Waals surface area contributed by atoms with Crippen molar-refractivity contribution in [1.82, 2.24) is 0 Å². The molecule has 0 aliphatic heterocycles. The van der Waals surface area contributed by atoms with Crippen LogP contribution in [0.25, 0.3) is 0 Å². The molecule has 316 valence electrons. The van der Waals surface area contributed by atoms with E-state index in [1.54, 1.807) is 0 Å². The van der Waals surface area contributed by atoms with Crippen molar-refractivity contribution < 1.29 is 37.9 Å². The van der Waals surface area contributed by atoms with Crippen LogP contribution in [0.2, 0.25) is 0 Å². The lowest BCUT2D eigenvalue weighted by Gasteiger charge is -2.18. The van der Waals surface area contributed by atoms with Crippen LogP contribution >= 0.6 is 7.82 Å². The fourth-order valence-electron chi connectivity index (χ4n) is 6.28. The summed E-state index contributed by atoms with van der Waals surface area (Å²) in [7, 11) is -4.76. The van der Waals surface area contributed by atoms with Crippen LogP contribution in [0.4, 0.5) is 0 Å². The molecule has 2 N–H and O–H groups in total. The van der Waals surface area contributed by atoms with Crippen molar-refractivity contribution >= 4 is 19.8 Å². The Balaban J connectivity index is 3.89. The minimum atomic E-state index is -4.76. The fourth-order valence-corrected chi connectivity index (χ4v) is 6.64. The van der Waals surface area contributed by atoms with Crippen molar-refractivity contribution in [3.8, 4) is 0 Å². The van der Waals surface area contributed by atoms with E-state index in [2.05, 4.69) is 54.8 Å². The van der Waals surface area contributed by atoms with Crippen molar-refractivity contribution in [3.05, 3.63) is 36.5 Å². The van der Waals surface area contributed by atoms with Crippen LogP contribution in [0, 0.1) is 0 Å². The molecule has 0 radical (unpaired) electrons. The number of esters is 2. The van der Waals surface area contributed by atoms with Crippen molar-refractivity contribution in [1.29, 1.82) is 0 Å². The van der Waals surface area contributed by atoms with Gasteiger partial charge in [0.1, 0.15) is 6.61 Å². The van der Waals surface area contributed by atoms with E-state index in [1.165, 1.54) is 135 Å². The summed E-state index contributed by atoms with van der Waals surface area (Å²) in [4.78, 5) is 42.9. The molecule has 0 aromatic rings. The largest absolute Gasteiger partial charge is 0.469 e. The number of phosphoric ester groups is 1. The molecule has 8 nitrogen and oxygen atoms in total. The van der Waals surface area contributed by atoms with E-state index in [-0.39, 0.29) is 19.4 Å². The summed E-state index contributed by atoms with van der Waals surface area (Å²) < 4.78 is 26.4. The number of carbonyl (C=O) groups excluding carboxylic acids is 2. The zero-order valence-electron chi connectivity index (χ0n) is 34.9. The van der Waals surface area contributed by atoms with Gasteiger partial charge in [-0.2, -0.15) is 0 Å². The van der Waals surface area contributed by atoms with Crippen molar-refractivity contribution in [2.75, 3.05) is 13.2 Å². The fraction of sp³-hybridized carbons (Fsp3) is 0.822. The molecule has 0 saturated carbocycles. The molecule has 0 heterocycles. The lowest BCUT2D eigenvalue weighted by molar-refractivity contribution is -0.161. The van der Waals surface area contributed by atoms with Crippen LogP contribution in [0.1, 0.15) is 219 Å². The number of phosphoric acid groups is 1. The number of hydrogen-bond donors (Lipinski definition) is 2. The second-order valence-electron chi connectivity index (χ2n) is 15.0. The minimum absolute atomic E-state index is 0.203. The van der Waals surface area contributed by atoms with Crippen molar-refractivity contribution in [3.63, 3.8) is 0 Å². The molecular formula is C45H83O8P. The SMILES string of the molecule is CCCCC/C=C\C/C=C\CCCCCCCCCC(=O)OC(COC(=O)CCCCCCCCCCC/C=C\CCCCCCCC)COP(=O)(O)O. The van der Waals surface area contributed by atoms with E-state index >= 15 is 0 Å². The Morgan fingerprint density at radius 2 is 0.833 bits per heavy atom. The summed E-state index contributed by atoms with van der Waals surface area (Å²) in [5.74, 6) is -0.891. The molecule has 0 bridgehead atoms. The molecule has 0 fully saturated rings. The predicted molar refractivity (Wildman–Crippen MR) is 225 cm³/mol. The summed E-state index contributed by atoms with van der Waals surface area (Å²) in [5.41, 5.74) is 0. The second-order valence-corrected chi connectivity index (χ2v) is 16.3. The number of unbranched alkanes of at least 4 members (excludes halogenated alkanes) is 25. The van der Waals surface area contributed by atoms with E-state index in [9.17, 15) is 14.2 Å². The Bertz CT molecular complexity index is 973. The molecular weight excluding hydrogens is 699 g/mol. The molecule has 0 aromatic carbocycles. The van der Waals surface area contributed by atoms with Gasteiger partial charge in [0.15, 0.2) is 6.10 Å². The molecule has 1 atom stereocenters. The lowest BCUT2D eigenvalue weighted by atomic mass is 10.1. The Morgan fingerprint density at radius 1 is 0.481 bits per heavy atom. The Hall–Kier alpha value is -1.73. The van der Waals surface area contributed by atoms with Gasteiger partial charge in [-0.05, 0) is 70.6 Å². The summed E-state index contributed by atoms with van der Waals surface area (Å²) in [6, 6.07) is 0. The third-order valence-corrected chi connectivity index (χ3v) is 10.1. The average molecular weight is 783 g/mol. The maximum atomic E-state index is 12.4. The van der Waals surface area contributed by atoms with Gasteiger partial charge in [0, 0.05) is 12.8 Å². The first-order valence-electron chi connectivity index (χ1n) is 22.3. The Morgan fingerprint density at radius 3 is 1.28 bits per heavy atom. The van der Waals surface area contributed by atoms with Crippen LogP contribution in [0.3, 0.4) is 0 Å². The first-order chi connectivity index (χ1) is 26.3. The van der Waals surface area contributed by atoms with Crippen LogP contribution in [-0.4, -0.2) is 41.0 Å². The maximum absolute atomic E-state index is 12.4. The van der Waals surface area contributed by atoms with Gasteiger partial charge < -0.3 is 19.3 Å². The second kappa shape index (κ2) is 40.9. The molecule has 0 aliphatic carbocycles. The van der Waals surface area contributed by atoms with E-state index in [0.717, 1.165) is 51.4 Å². The zero-order chi connectivity index (χ0) is 39.6. The zero-order valence-corrected chi connectivity index (χ0v) is 35.8. The van der Waals surface area contributed by atoms with Crippen LogP contribution in [0.15, 0.2) is 36.5 Å². The number of allylic oxidation sites excluding steroid dienone is 6. The summed E-state index contributed by atoms with van der Waals surface area (Å²) in [6.07, 6.45) is 48.6. The highest BCUT2D eigenvalue weighted by Crippen LogP contribution is 2.36. The monoisotopic (exact) mass is 783 g/mol. The molecule has 1 unspecified atom stereocenters. The summed E-state index contributed by atoms with van der Waals surface area (Å²) >= 11 is 0. The molecule has 0 spiro atoms. The maximum Gasteiger partial charge on any atom is 0.469 e. The van der Waals surface area contributed by atoms with Crippen molar-refractivity contribution in [2.24, 2.45) is 0 Å². The molecule has 0 amide bonds. The number of ether oxygens (including phenoxy) is 2. The Kier molecular flexibility index (Phi) is 39.6. The van der Waals surface area contributed by atoms with Gasteiger partial charge in [-0.25, -0.2) is 4.57 Å². The standard InChI is InChI=1S/C45H83O8P/c1-3-5-7-9-11-13-15-17-19-21-22-24-25-27-29-31-33-35-37-39-44(46)51-41-43(42-52-54(48,49)50)53-45(47)40-38-36-34-32-30-28-26-23-20-18-16-14-12-10-8-6-4-2/h12,14,17-20,43H,3-11,13,15-16,21-42H2,1-2H3,(H2,48,49,50)/b14-12-,19-17-,20-18-. The summed E-state index contributed by atoms with van der Waals surface area (Å²) in [5, 5.41) is 0. The van der Waals surface area contributed by atoms with Crippen LogP contribution < -0.4 is 0 Å². The lowest BCUT2D eigenvalue weighted by Crippen LogP contribution is -2.29. The van der Waals surface area contributed by atoms with Crippen LogP contribution in [0.5, 0.6) is 0 Å². The number of hydrogen-bond acceptors (Lipinski definition) is 6. The van der Waals surface area contributed by atoms with E-state index in [4.69, 9.17) is 19.3 Å². The third-order valence-electron chi connectivity index (χ3n) is 9.63. The Labute approximate surface area is 332 Å². The highest BCUT2D eigenvalue weighted by atomic mass is 31.2. The van der Waals surface area contributed by atoms with Gasteiger partial charge in [-0.15, -0.1) is 0 Å². The third kappa shape index (κ3) is 43.0. The molecule has 0 aliphatic rings. The van der Waals surface area contributed by atoms with E-state index in [1.807, 2.05) is 0 Å². The molecule has 0 saturated heterocycles. The van der Waals surface area contributed by atoms with Gasteiger partial charge in [0.25, 0.3) is 0 Å². The minimum Gasteiger partial charge on any atom is -0.462 e. The first kappa shape index (κ1) is 52.3. The number of rotatable bonds is 41. The molecule has 0 aromatic heterocycles. The van der Waals surface area contributed by atoms with Gasteiger partial charge in [0.2, 0.25) is 0 Å². The van der Waals surface area contributed by atoms with Gasteiger partial charge in [0.05, 0.1) is 6.61 Å². The first-order valence-corrected chi connectivity index (χ1v) is 23.8. The van der Waals surface area contributed by atoms with Crippen LogP contribution in [-0.2, 0) is 28.2 Å². The van der Waals surface area contributed by atoms with E-state index in [0.29, 0.717) is 6.42 Å². The smallest absolute Gasteiger partial charge is 0.462 e. The topological polar surface area (TPSA) is 119 Å². The van der Waals surface area contributed by atoms with E-state index < -0.39 is 32.5 Å². The van der Waals surface area contributed by atoms with Gasteiger partial charge >= 0.3 is 19.8 Å². The average Bonchev–Trinajstić information content (AvgIpc) is 3.14. The predicted octanol–water partition coefficient (Wildman–Crippen LogP) is 13.7. The summed E-state index contributed by atoms with van der Waals surface area (Å²) in [6.45, 7) is 3.67. The number of carbonyl (C=O) groups is 2. The molecule has 9 heteroatoms. The quantitative estimate of drug-likeness (QED) is 0.0272.